The highest BCUT2D eigenvalue weighted by atomic mass is 16.6. The SMILES string of the molecule is CC(C)(C)OC(=O)[C@H](Cc1cccc(-c2ccc3nc(C#N)cn3n2)c1)NC(=O)OCC1c2ccccc2-c2ccccc21. The van der Waals surface area contributed by atoms with E-state index < -0.39 is 23.7 Å². The van der Waals surface area contributed by atoms with E-state index in [9.17, 15) is 9.59 Å². The molecule has 0 radical (unpaired) electrons. The molecule has 0 saturated heterocycles. The normalized spacial score (nSPS) is 13.0. The highest BCUT2D eigenvalue weighted by Crippen LogP contribution is 2.44. The standard InChI is InChI=1S/C35H31N5O4/c1-35(2,3)44-33(41)31(18-22-9-8-10-23(17-22)30-15-16-32-37-24(19-36)20-40(32)39-30)38-34(42)43-21-29-27-13-6-4-11-25(27)26-12-5-7-14-28(26)29/h4-17,20,29,31H,18,21H2,1-3H3,(H,38,42)/t31-/m0/s1. The number of hydrogen-bond acceptors (Lipinski definition) is 7. The number of nitriles is 1. The fourth-order valence-corrected chi connectivity index (χ4v) is 5.53. The Morgan fingerprint density at radius 2 is 1.68 bits per heavy atom. The van der Waals surface area contributed by atoms with Crippen molar-refractivity contribution in [3.8, 4) is 28.5 Å². The van der Waals surface area contributed by atoms with E-state index in [1.54, 1.807) is 37.5 Å². The Hall–Kier alpha value is -5.49. The maximum Gasteiger partial charge on any atom is 0.407 e. The Morgan fingerprint density at radius 3 is 2.36 bits per heavy atom. The molecule has 1 atom stereocenters. The largest absolute Gasteiger partial charge is 0.458 e. The van der Waals surface area contributed by atoms with E-state index in [0.29, 0.717) is 11.3 Å². The molecule has 9 nitrogen and oxygen atoms in total. The lowest BCUT2D eigenvalue weighted by molar-refractivity contribution is -0.157. The molecule has 0 fully saturated rings. The predicted molar refractivity (Wildman–Crippen MR) is 165 cm³/mol. The van der Waals surface area contributed by atoms with E-state index in [1.807, 2.05) is 60.7 Å². The number of alkyl carbamates (subject to hydrolysis) is 1. The summed E-state index contributed by atoms with van der Waals surface area (Å²) in [6.07, 6.45) is 1.05. The molecule has 1 N–H and O–H groups in total. The van der Waals surface area contributed by atoms with Crippen molar-refractivity contribution in [2.75, 3.05) is 6.61 Å². The van der Waals surface area contributed by atoms with Crippen LogP contribution in [0.25, 0.3) is 28.0 Å². The summed E-state index contributed by atoms with van der Waals surface area (Å²) in [5, 5.41) is 16.5. The van der Waals surface area contributed by atoms with Gasteiger partial charge in [0.25, 0.3) is 0 Å². The highest BCUT2D eigenvalue weighted by Gasteiger charge is 2.31. The number of benzene rings is 3. The molecule has 1 amide bonds. The molecule has 0 aliphatic heterocycles. The van der Waals surface area contributed by atoms with Crippen LogP contribution in [0.1, 0.15) is 49.1 Å². The van der Waals surface area contributed by atoms with Crippen molar-refractivity contribution in [2.45, 2.75) is 44.8 Å². The lowest BCUT2D eigenvalue weighted by atomic mass is 9.98. The molecule has 44 heavy (non-hydrogen) atoms. The molecule has 1 aliphatic carbocycles. The number of aromatic nitrogens is 3. The molecule has 0 spiro atoms. The van der Waals surface area contributed by atoms with Crippen LogP contribution in [0.15, 0.2) is 91.1 Å². The fourth-order valence-electron chi connectivity index (χ4n) is 5.53. The van der Waals surface area contributed by atoms with Gasteiger partial charge in [0.15, 0.2) is 11.3 Å². The number of nitrogens with zero attached hydrogens (tertiary/aromatic N) is 4. The summed E-state index contributed by atoms with van der Waals surface area (Å²) in [4.78, 5) is 30.6. The van der Waals surface area contributed by atoms with Gasteiger partial charge in [0.05, 0.1) is 11.9 Å². The third-order valence-electron chi connectivity index (χ3n) is 7.42. The second-order valence-corrected chi connectivity index (χ2v) is 11.7. The maximum absolute atomic E-state index is 13.3. The fraction of sp³-hybridized carbons (Fsp3) is 0.229. The first-order chi connectivity index (χ1) is 21.2. The van der Waals surface area contributed by atoms with Crippen molar-refractivity contribution < 1.29 is 19.1 Å². The van der Waals surface area contributed by atoms with Crippen molar-refractivity contribution in [1.29, 1.82) is 5.26 Å². The summed E-state index contributed by atoms with van der Waals surface area (Å²) in [7, 11) is 0. The van der Waals surface area contributed by atoms with Crippen LogP contribution < -0.4 is 5.32 Å². The molecular weight excluding hydrogens is 554 g/mol. The van der Waals surface area contributed by atoms with Gasteiger partial charge in [-0.05, 0) is 66.8 Å². The summed E-state index contributed by atoms with van der Waals surface area (Å²) < 4.78 is 13.0. The molecule has 5 aromatic rings. The van der Waals surface area contributed by atoms with Crippen LogP contribution in [0.2, 0.25) is 0 Å². The van der Waals surface area contributed by atoms with E-state index in [1.165, 1.54) is 0 Å². The van der Waals surface area contributed by atoms with Gasteiger partial charge in [-0.15, -0.1) is 0 Å². The summed E-state index contributed by atoms with van der Waals surface area (Å²) in [6.45, 7) is 5.48. The zero-order chi connectivity index (χ0) is 30.8. The molecule has 2 aromatic heterocycles. The van der Waals surface area contributed by atoms with Crippen LogP contribution in [0, 0.1) is 11.3 Å². The molecule has 0 bridgehead atoms. The zero-order valence-corrected chi connectivity index (χ0v) is 24.7. The first-order valence-corrected chi connectivity index (χ1v) is 14.4. The third-order valence-corrected chi connectivity index (χ3v) is 7.42. The molecular formula is C35H31N5O4. The lowest BCUT2D eigenvalue weighted by Gasteiger charge is -2.25. The molecule has 1 aliphatic rings. The van der Waals surface area contributed by atoms with Gasteiger partial charge in [-0.3, -0.25) is 0 Å². The molecule has 3 aromatic carbocycles. The number of ether oxygens (including phenoxy) is 2. The van der Waals surface area contributed by atoms with Gasteiger partial charge in [0, 0.05) is 17.9 Å². The number of esters is 1. The number of fused-ring (bicyclic) bond motifs is 4. The van der Waals surface area contributed by atoms with Crippen molar-refractivity contribution in [3.63, 3.8) is 0 Å². The topological polar surface area (TPSA) is 119 Å². The maximum atomic E-state index is 13.3. The summed E-state index contributed by atoms with van der Waals surface area (Å²) >= 11 is 0. The number of carbonyl (C=O) groups excluding carboxylic acids is 2. The summed E-state index contributed by atoms with van der Waals surface area (Å²) in [5.41, 5.74) is 6.85. The van der Waals surface area contributed by atoms with Crippen molar-refractivity contribution in [2.24, 2.45) is 0 Å². The van der Waals surface area contributed by atoms with E-state index in [4.69, 9.17) is 14.7 Å². The van der Waals surface area contributed by atoms with Crippen LogP contribution in [-0.4, -0.2) is 44.9 Å². The molecule has 2 heterocycles. The Balaban J connectivity index is 1.19. The minimum atomic E-state index is -0.984. The number of imidazole rings is 1. The van der Waals surface area contributed by atoms with Crippen LogP contribution in [0.5, 0.6) is 0 Å². The van der Waals surface area contributed by atoms with E-state index in [2.05, 4.69) is 39.7 Å². The molecule has 0 saturated carbocycles. The minimum absolute atomic E-state index is 0.102. The van der Waals surface area contributed by atoms with Crippen molar-refractivity contribution in [3.05, 3.63) is 114 Å². The molecule has 6 rings (SSSR count). The minimum Gasteiger partial charge on any atom is -0.458 e. The Labute approximate surface area is 255 Å². The van der Waals surface area contributed by atoms with Gasteiger partial charge in [-0.2, -0.15) is 10.4 Å². The van der Waals surface area contributed by atoms with Gasteiger partial charge in [-0.1, -0.05) is 66.7 Å². The number of amides is 1. The van der Waals surface area contributed by atoms with Crippen molar-refractivity contribution in [1.82, 2.24) is 19.9 Å². The zero-order valence-electron chi connectivity index (χ0n) is 24.7. The van der Waals surface area contributed by atoms with E-state index in [0.717, 1.165) is 33.4 Å². The average molecular weight is 586 g/mol. The summed E-state index contributed by atoms with van der Waals surface area (Å²) in [6, 6.07) is 28.4. The molecule has 220 valence electrons. The van der Waals surface area contributed by atoms with Gasteiger partial charge < -0.3 is 14.8 Å². The van der Waals surface area contributed by atoms with Gasteiger partial charge in [0.2, 0.25) is 0 Å². The molecule has 9 heteroatoms. The Bertz CT molecular complexity index is 1870. The van der Waals surface area contributed by atoms with Crippen LogP contribution in [0.3, 0.4) is 0 Å². The highest BCUT2D eigenvalue weighted by molar-refractivity contribution is 5.82. The monoisotopic (exact) mass is 585 g/mol. The Kier molecular flexibility index (Phi) is 7.58. The number of rotatable bonds is 7. The number of carbonyl (C=O) groups is 2. The van der Waals surface area contributed by atoms with Crippen LogP contribution in [0.4, 0.5) is 4.79 Å². The average Bonchev–Trinajstić information content (AvgIpc) is 3.57. The molecule has 0 unspecified atom stereocenters. The second kappa shape index (κ2) is 11.7. The van der Waals surface area contributed by atoms with E-state index in [-0.39, 0.29) is 24.6 Å². The Morgan fingerprint density at radius 1 is 0.977 bits per heavy atom. The summed E-state index contributed by atoms with van der Waals surface area (Å²) in [5.74, 6) is -0.659. The lowest BCUT2D eigenvalue weighted by Crippen LogP contribution is -2.46. The van der Waals surface area contributed by atoms with Gasteiger partial charge in [0.1, 0.15) is 24.3 Å². The van der Waals surface area contributed by atoms with Gasteiger partial charge >= 0.3 is 12.1 Å². The van der Waals surface area contributed by atoms with Crippen LogP contribution in [-0.2, 0) is 20.7 Å². The second-order valence-electron chi connectivity index (χ2n) is 11.7. The van der Waals surface area contributed by atoms with E-state index >= 15 is 0 Å². The van der Waals surface area contributed by atoms with Crippen LogP contribution >= 0.6 is 0 Å². The van der Waals surface area contributed by atoms with Crippen molar-refractivity contribution >= 4 is 17.7 Å². The first kappa shape index (κ1) is 28.6. The number of nitrogens with one attached hydrogen (secondary N) is 1. The number of hydrogen-bond donors (Lipinski definition) is 1. The third kappa shape index (κ3) is 6.01. The predicted octanol–water partition coefficient (Wildman–Crippen LogP) is 6.06. The quantitative estimate of drug-likeness (QED) is 0.231. The smallest absolute Gasteiger partial charge is 0.407 e. The van der Waals surface area contributed by atoms with Gasteiger partial charge in [-0.25, -0.2) is 19.1 Å². The first-order valence-electron chi connectivity index (χ1n) is 14.4.